The maximum absolute atomic E-state index is 12.8. The molecule has 0 radical (unpaired) electrons. The summed E-state index contributed by atoms with van der Waals surface area (Å²) in [5.74, 6) is 0. The van der Waals surface area contributed by atoms with Gasteiger partial charge < -0.3 is 14.6 Å². The van der Waals surface area contributed by atoms with Crippen molar-refractivity contribution in [1.29, 1.82) is 0 Å². The van der Waals surface area contributed by atoms with Crippen LogP contribution in [0.2, 0.25) is 0 Å². The predicted molar refractivity (Wildman–Crippen MR) is 88.2 cm³/mol. The molecule has 0 aliphatic carbocycles. The molecule has 128 valence electrons. The van der Waals surface area contributed by atoms with E-state index in [1.807, 2.05) is 51.1 Å². The Morgan fingerprint density at radius 1 is 1.35 bits per heavy atom. The highest BCUT2D eigenvalue weighted by Gasteiger charge is 2.50. The number of methoxy groups -OCH3 is 1. The molecule has 1 saturated heterocycles. The van der Waals surface area contributed by atoms with Gasteiger partial charge in [-0.05, 0) is 39.2 Å². The minimum atomic E-state index is -0.739. The van der Waals surface area contributed by atoms with Crippen molar-refractivity contribution in [2.24, 2.45) is 0 Å². The third-order valence-corrected chi connectivity index (χ3v) is 4.19. The van der Waals surface area contributed by atoms with Crippen molar-refractivity contribution in [3.05, 3.63) is 35.9 Å². The van der Waals surface area contributed by atoms with Crippen LogP contribution in [0.25, 0.3) is 0 Å². The highest BCUT2D eigenvalue weighted by molar-refractivity contribution is 5.70. The normalized spacial score (nSPS) is 24.7. The zero-order chi connectivity index (χ0) is 17.1. The molecule has 1 aliphatic heterocycles. The van der Waals surface area contributed by atoms with Gasteiger partial charge in [-0.1, -0.05) is 30.3 Å². The Labute approximate surface area is 138 Å². The standard InChI is InChI=1S/C18H27NO4/c1-17(2,3)23-16(21)19-15(14-8-6-5-7-9-14)10-11-18(19,12-20)13-22-4/h5-9,15,20H,10-13H2,1-4H3/t15-,18+/m0/s1. The predicted octanol–water partition coefficient (Wildman–Crippen LogP) is 3.14. The number of amides is 1. The van der Waals surface area contributed by atoms with Crippen LogP contribution in [0.4, 0.5) is 4.79 Å². The molecule has 2 atom stereocenters. The zero-order valence-corrected chi connectivity index (χ0v) is 14.4. The quantitative estimate of drug-likeness (QED) is 0.925. The fourth-order valence-electron chi connectivity index (χ4n) is 3.22. The molecule has 0 spiro atoms. The number of carbonyl (C=O) groups excluding carboxylic acids is 1. The van der Waals surface area contributed by atoms with Crippen molar-refractivity contribution in [1.82, 2.24) is 4.90 Å². The number of rotatable bonds is 4. The number of hydrogen-bond donors (Lipinski definition) is 1. The van der Waals surface area contributed by atoms with Gasteiger partial charge in [-0.15, -0.1) is 0 Å². The van der Waals surface area contributed by atoms with Crippen molar-refractivity contribution in [3.8, 4) is 0 Å². The molecule has 23 heavy (non-hydrogen) atoms. The molecule has 0 bridgehead atoms. The number of hydrogen-bond acceptors (Lipinski definition) is 4. The van der Waals surface area contributed by atoms with Crippen molar-refractivity contribution in [3.63, 3.8) is 0 Å². The lowest BCUT2D eigenvalue weighted by Crippen LogP contribution is -2.55. The fourth-order valence-corrected chi connectivity index (χ4v) is 3.22. The van der Waals surface area contributed by atoms with Gasteiger partial charge in [-0.2, -0.15) is 0 Å². The van der Waals surface area contributed by atoms with E-state index in [1.165, 1.54) is 0 Å². The second kappa shape index (κ2) is 6.89. The molecule has 1 aromatic carbocycles. The smallest absolute Gasteiger partial charge is 0.411 e. The Morgan fingerprint density at radius 3 is 2.52 bits per heavy atom. The first-order valence-corrected chi connectivity index (χ1v) is 8.00. The average Bonchev–Trinajstić information content (AvgIpc) is 2.87. The van der Waals surface area contributed by atoms with Crippen molar-refractivity contribution in [2.75, 3.05) is 20.3 Å². The lowest BCUT2D eigenvalue weighted by Gasteiger charge is -2.40. The molecule has 0 unspecified atom stereocenters. The van der Waals surface area contributed by atoms with Crippen LogP contribution in [0.15, 0.2) is 30.3 Å². The first-order valence-electron chi connectivity index (χ1n) is 8.00. The van der Waals surface area contributed by atoms with Gasteiger partial charge in [-0.3, -0.25) is 4.90 Å². The van der Waals surface area contributed by atoms with Crippen molar-refractivity contribution in [2.45, 2.75) is 50.8 Å². The molecule has 1 N–H and O–H groups in total. The summed E-state index contributed by atoms with van der Waals surface area (Å²) >= 11 is 0. The zero-order valence-electron chi connectivity index (χ0n) is 14.4. The summed E-state index contributed by atoms with van der Waals surface area (Å²) in [5, 5.41) is 10.0. The van der Waals surface area contributed by atoms with E-state index in [4.69, 9.17) is 9.47 Å². The van der Waals surface area contributed by atoms with Crippen LogP contribution in [0.3, 0.4) is 0 Å². The monoisotopic (exact) mass is 321 g/mol. The number of aliphatic hydroxyl groups excluding tert-OH is 1. The van der Waals surface area contributed by atoms with E-state index in [1.54, 1.807) is 12.0 Å². The third kappa shape index (κ3) is 3.85. The number of benzene rings is 1. The highest BCUT2D eigenvalue weighted by atomic mass is 16.6. The number of nitrogens with zero attached hydrogens (tertiary/aromatic N) is 1. The summed E-state index contributed by atoms with van der Waals surface area (Å²) in [4.78, 5) is 14.5. The molecule has 1 fully saturated rings. The summed E-state index contributed by atoms with van der Waals surface area (Å²) < 4.78 is 10.9. The lowest BCUT2D eigenvalue weighted by atomic mass is 9.99. The molecule has 1 heterocycles. The molecule has 0 aromatic heterocycles. The number of aliphatic hydroxyl groups is 1. The number of ether oxygens (including phenoxy) is 2. The minimum Gasteiger partial charge on any atom is -0.444 e. The Hall–Kier alpha value is -1.59. The van der Waals surface area contributed by atoms with Crippen LogP contribution < -0.4 is 0 Å². The van der Waals surface area contributed by atoms with Crippen molar-refractivity contribution >= 4 is 6.09 Å². The molecule has 5 heteroatoms. The van der Waals surface area contributed by atoms with Gasteiger partial charge in [0.25, 0.3) is 0 Å². The lowest BCUT2D eigenvalue weighted by molar-refractivity contribution is -0.0398. The molecular weight excluding hydrogens is 294 g/mol. The summed E-state index contributed by atoms with van der Waals surface area (Å²) in [5.41, 5.74) is -0.281. The second-order valence-corrected chi connectivity index (χ2v) is 7.13. The molecule has 1 amide bonds. The first-order chi connectivity index (χ1) is 10.8. The largest absolute Gasteiger partial charge is 0.444 e. The van der Waals surface area contributed by atoms with Crippen LogP contribution in [0.5, 0.6) is 0 Å². The molecule has 1 aliphatic rings. The van der Waals surface area contributed by atoms with Gasteiger partial charge in [0, 0.05) is 7.11 Å². The summed E-state index contributed by atoms with van der Waals surface area (Å²) in [6.07, 6.45) is 1.04. The average molecular weight is 321 g/mol. The van der Waals surface area contributed by atoms with E-state index in [-0.39, 0.29) is 19.3 Å². The van der Waals surface area contributed by atoms with E-state index in [0.717, 1.165) is 12.0 Å². The van der Waals surface area contributed by atoms with Gasteiger partial charge >= 0.3 is 6.09 Å². The first kappa shape index (κ1) is 17.8. The minimum absolute atomic E-state index is 0.117. The van der Waals surface area contributed by atoms with Crippen LogP contribution in [-0.4, -0.2) is 47.6 Å². The van der Waals surface area contributed by atoms with Gasteiger partial charge in [0.2, 0.25) is 0 Å². The molecule has 2 rings (SSSR count). The molecule has 0 saturated carbocycles. The van der Waals surface area contributed by atoms with Gasteiger partial charge in [0.1, 0.15) is 5.60 Å². The summed E-state index contributed by atoms with van der Waals surface area (Å²) in [7, 11) is 1.58. The van der Waals surface area contributed by atoms with Crippen LogP contribution >= 0.6 is 0 Å². The van der Waals surface area contributed by atoms with Gasteiger partial charge in [0.15, 0.2) is 0 Å². The van der Waals surface area contributed by atoms with E-state index < -0.39 is 17.2 Å². The Balaban J connectivity index is 2.37. The second-order valence-electron chi connectivity index (χ2n) is 7.13. The Morgan fingerprint density at radius 2 is 2.00 bits per heavy atom. The maximum Gasteiger partial charge on any atom is 0.411 e. The van der Waals surface area contributed by atoms with E-state index in [0.29, 0.717) is 6.42 Å². The SMILES string of the molecule is COC[C@]1(CO)CC[C@@H](c2ccccc2)N1C(=O)OC(C)(C)C. The van der Waals surface area contributed by atoms with Crippen molar-refractivity contribution < 1.29 is 19.4 Å². The number of carbonyl (C=O) groups is 1. The fraction of sp³-hybridized carbons (Fsp3) is 0.611. The number of likely N-dealkylation sites (tertiary alicyclic amines) is 1. The Kier molecular flexibility index (Phi) is 5.32. The third-order valence-electron chi connectivity index (χ3n) is 4.19. The topological polar surface area (TPSA) is 59.0 Å². The molecular formula is C18H27NO4. The van der Waals surface area contributed by atoms with E-state index in [2.05, 4.69) is 0 Å². The highest BCUT2D eigenvalue weighted by Crippen LogP contribution is 2.43. The van der Waals surface area contributed by atoms with Gasteiger partial charge in [-0.25, -0.2) is 4.79 Å². The summed E-state index contributed by atoms with van der Waals surface area (Å²) in [6, 6.07) is 9.75. The molecule has 1 aromatic rings. The van der Waals surface area contributed by atoms with Crippen LogP contribution in [0, 0.1) is 0 Å². The molecule has 5 nitrogen and oxygen atoms in total. The van der Waals surface area contributed by atoms with Crippen LogP contribution in [0.1, 0.15) is 45.2 Å². The van der Waals surface area contributed by atoms with E-state index >= 15 is 0 Å². The Bertz CT molecular complexity index is 526. The van der Waals surface area contributed by atoms with Gasteiger partial charge in [0.05, 0.1) is 24.8 Å². The maximum atomic E-state index is 12.8. The van der Waals surface area contributed by atoms with Crippen LogP contribution in [-0.2, 0) is 9.47 Å². The van der Waals surface area contributed by atoms with E-state index in [9.17, 15) is 9.90 Å². The summed E-state index contributed by atoms with van der Waals surface area (Å²) in [6.45, 7) is 5.66.